The van der Waals surface area contributed by atoms with E-state index in [9.17, 15) is 0 Å². The predicted octanol–water partition coefficient (Wildman–Crippen LogP) is 3.37. The van der Waals surface area contributed by atoms with Gasteiger partial charge in [0.05, 0.1) is 12.7 Å². The molecule has 0 spiro atoms. The van der Waals surface area contributed by atoms with E-state index in [1.165, 1.54) is 0 Å². The van der Waals surface area contributed by atoms with Gasteiger partial charge >= 0.3 is 0 Å². The smallest absolute Gasteiger partial charge is 0.119 e. The van der Waals surface area contributed by atoms with Crippen LogP contribution in [0.5, 0.6) is 5.75 Å². The molecule has 80 valence electrons. The van der Waals surface area contributed by atoms with Gasteiger partial charge in [-0.2, -0.15) is 17.0 Å². The minimum absolute atomic E-state index is 0.603. The van der Waals surface area contributed by atoms with Crippen molar-refractivity contribution >= 4 is 23.4 Å². The Labute approximate surface area is 99.2 Å². The zero-order valence-electron chi connectivity index (χ0n) is 8.28. The first-order valence-corrected chi connectivity index (χ1v) is 6.19. The lowest BCUT2D eigenvalue weighted by molar-refractivity contribution is 0.344. The standard InChI is InChI=1S/C11H12ClNOS/c12-10-2-4-11(5-3-10)14-7-9-15-8-1-6-13/h2-5H,1,7-9H2. The molecule has 0 atom stereocenters. The molecule has 0 saturated carbocycles. The Morgan fingerprint density at radius 2 is 2.00 bits per heavy atom. The summed E-state index contributed by atoms with van der Waals surface area (Å²) in [4.78, 5) is 0. The average molecular weight is 242 g/mol. The van der Waals surface area contributed by atoms with E-state index in [0.717, 1.165) is 17.3 Å². The fraction of sp³-hybridized carbons (Fsp3) is 0.364. The summed E-state index contributed by atoms with van der Waals surface area (Å²) in [7, 11) is 0. The third kappa shape index (κ3) is 5.56. The highest BCUT2D eigenvalue weighted by Gasteiger charge is 1.94. The second-order valence-corrected chi connectivity index (χ2v) is 4.48. The van der Waals surface area contributed by atoms with E-state index in [1.807, 2.05) is 12.1 Å². The van der Waals surface area contributed by atoms with Crippen LogP contribution in [0.15, 0.2) is 24.3 Å². The Hall–Kier alpha value is -0.850. The van der Waals surface area contributed by atoms with Crippen molar-refractivity contribution in [3.05, 3.63) is 29.3 Å². The van der Waals surface area contributed by atoms with Crippen molar-refractivity contribution in [2.45, 2.75) is 6.42 Å². The summed E-state index contributed by atoms with van der Waals surface area (Å²) in [5, 5.41) is 9.03. The summed E-state index contributed by atoms with van der Waals surface area (Å²) in [5.41, 5.74) is 0. The van der Waals surface area contributed by atoms with Crippen LogP contribution >= 0.6 is 23.4 Å². The second kappa shape index (κ2) is 7.44. The topological polar surface area (TPSA) is 33.0 Å². The molecule has 0 aliphatic rings. The first-order valence-electron chi connectivity index (χ1n) is 4.66. The molecule has 2 nitrogen and oxygen atoms in total. The summed E-state index contributed by atoms with van der Waals surface area (Å²) in [6.07, 6.45) is 0.603. The molecule has 0 saturated heterocycles. The number of nitrogens with zero attached hydrogens (tertiary/aromatic N) is 1. The van der Waals surface area contributed by atoms with E-state index >= 15 is 0 Å². The first kappa shape index (κ1) is 12.2. The van der Waals surface area contributed by atoms with Gasteiger partial charge in [-0.15, -0.1) is 0 Å². The van der Waals surface area contributed by atoms with Gasteiger partial charge in [-0.25, -0.2) is 0 Å². The quantitative estimate of drug-likeness (QED) is 0.716. The van der Waals surface area contributed by atoms with Gasteiger partial charge in [0.1, 0.15) is 5.75 Å². The van der Waals surface area contributed by atoms with Gasteiger partial charge in [-0.1, -0.05) is 11.6 Å². The van der Waals surface area contributed by atoms with Gasteiger partial charge in [-0.05, 0) is 24.3 Å². The second-order valence-electron chi connectivity index (χ2n) is 2.82. The average Bonchev–Trinajstić information content (AvgIpc) is 2.26. The zero-order valence-corrected chi connectivity index (χ0v) is 9.85. The molecule has 0 bridgehead atoms. The van der Waals surface area contributed by atoms with Crippen molar-refractivity contribution < 1.29 is 4.74 Å². The van der Waals surface area contributed by atoms with Crippen molar-refractivity contribution in [3.8, 4) is 11.8 Å². The van der Waals surface area contributed by atoms with E-state index in [4.69, 9.17) is 21.6 Å². The summed E-state index contributed by atoms with van der Waals surface area (Å²) in [6, 6.07) is 9.42. The van der Waals surface area contributed by atoms with Crippen molar-refractivity contribution in [1.29, 1.82) is 5.26 Å². The third-order valence-corrected chi connectivity index (χ3v) is 2.87. The molecule has 15 heavy (non-hydrogen) atoms. The summed E-state index contributed by atoms with van der Waals surface area (Å²) < 4.78 is 5.48. The van der Waals surface area contributed by atoms with Crippen LogP contribution in [-0.4, -0.2) is 18.1 Å². The lowest BCUT2D eigenvalue weighted by Gasteiger charge is -2.05. The van der Waals surface area contributed by atoms with Crippen LogP contribution in [0.3, 0.4) is 0 Å². The van der Waals surface area contributed by atoms with Gasteiger partial charge in [0, 0.05) is 22.9 Å². The molecule has 0 aliphatic heterocycles. The van der Waals surface area contributed by atoms with E-state index in [-0.39, 0.29) is 0 Å². The molecule has 0 aliphatic carbocycles. The number of nitriles is 1. The van der Waals surface area contributed by atoms with E-state index in [2.05, 4.69) is 6.07 Å². The molecule has 0 heterocycles. The number of ether oxygens (including phenoxy) is 1. The fourth-order valence-electron chi connectivity index (χ4n) is 0.969. The third-order valence-electron chi connectivity index (χ3n) is 1.67. The van der Waals surface area contributed by atoms with Crippen LogP contribution in [-0.2, 0) is 0 Å². The molecule has 4 heteroatoms. The summed E-state index contributed by atoms with van der Waals surface area (Å²) in [5.74, 6) is 2.62. The molecule has 1 aromatic carbocycles. The van der Waals surface area contributed by atoms with Crippen LogP contribution in [0, 0.1) is 11.3 Å². The minimum atomic E-state index is 0.603. The molecule has 0 radical (unpaired) electrons. The van der Waals surface area contributed by atoms with Crippen molar-refractivity contribution in [3.63, 3.8) is 0 Å². The molecule has 0 unspecified atom stereocenters. The Balaban J connectivity index is 2.10. The van der Waals surface area contributed by atoms with Gasteiger partial charge in [0.15, 0.2) is 0 Å². The molecular weight excluding hydrogens is 230 g/mol. The largest absolute Gasteiger partial charge is 0.493 e. The molecular formula is C11H12ClNOS. The lowest BCUT2D eigenvalue weighted by atomic mass is 10.3. The normalized spacial score (nSPS) is 9.60. The molecule has 0 aromatic heterocycles. The van der Waals surface area contributed by atoms with Crippen LogP contribution < -0.4 is 4.74 Å². The number of hydrogen-bond donors (Lipinski definition) is 0. The molecule has 0 fully saturated rings. The van der Waals surface area contributed by atoms with Crippen molar-refractivity contribution in [1.82, 2.24) is 0 Å². The monoisotopic (exact) mass is 241 g/mol. The van der Waals surface area contributed by atoms with E-state index < -0.39 is 0 Å². The van der Waals surface area contributed by atoms with Crippen LogP contribution in [0.1, 0.15) is 6.42 Å². The Morgan fingerprint density at radius 1 is 1.27 bits per heavy atom. The highest BCUT2D eigenvalue weighted by Crippen LogP contribution is 2.15. The zero-order chi connectivity index (χ0) is 10.9. The van der Waals surface area contributed by atoms with Gasteiger partial charge in [0.2, 0.25) is 0 Å². The van der Waals surface area contributed by atoms with E-state index in [1.54, 1.807) is 23.9 Å². The van der Waals surface area contributed by atoms with Crippen molar-refractivity contribution in [2.24, 2.45) is 0 Å². The fourth-order valence-corrected chi connectivity index (χ4v) is 1.74. The van der Waals surface area contributed by atoms with Crippen LogP contribution in [0.4, 0.5) is 0 Å². The van der Waals surface area contributed by atoms with E-state index in [0.29, 0.717) is 18.1 Å². The number of halogens is 1. The number of benzene rings is 1. The number of rotatable bonds is 6. The lowest BCUT2D eigenvalue weighted by Crippen LogP contribution is -2.00. The Morgan fingerprint density at radius 3 is 2.67 bits per heavy atom. The number of hydrogen-bond acceptors (Lipinski definition) is 3. The molecule has 1 aromatic rings. The maximum Gasteiger partial charge on any atom is 0.119 e. The Bertz CT molecular complexity index is 320. The number of thioether (sulfide) groups is 1. The molecule has 0 amide bonds. The van der Waals surface area contributed by atoms with Crippen LogP contribution in [0.25, 0.3) is 0 Å². The predicted molar refractivity (Wildman–Crippen MR) is 64.5 cm³/mol. The van der Waals surface area contributed by atoms with Gasteiger partial charge in [0.25, 0.3) is 0 Å². The SMILES string of the molecule is N#CCCSCCOc1ccc(Cl)cc1. The first-order chi connectivity index (χ1) is 7.33. The maximum atomic E-state index is 8.32. The van der Waals surface area contributed by atoms with Gasteiger partial charge < -0.3 is 4.74 Å². The highest BCUT2D eigenvalue weighted by molar-refractivity contribution is 7.99. The van der Waals surface area contributed by atoms with Crippen LogP contribution in [0.2, 0.25) is 5.02 Å². The minimum Gasteiger partial charge on any atom is -0.493 e. The van der Waals surface area contributed by atoms with Gasteiger partial charge in [-0.3, -0.25) is 0 Å². The molecule has 1 rings (SSSR count). The van der Waals surface area contributed by atoms with Crippen molar-refractivity contribution in [2.75, 3.05) is 18.1 Å². The highest BCUT2D eigenvalue weighted by atomic mass is 35.5. The maximum absolute atomic E-state index is 8.32. The molecule has 0 N–H and O–H groups in total. The summed E-state index contributed by atoms with van der Waals surface area (Å²) >= 11 is 7.47. The summed E-state index contributed by atoms with van der Waals surface area (Å²) in [6.45, 7) is 0.664. The Kier molecular flexibility index (Phi) is 6.06.